The third-order valence-electron chi connectivity index (χ3n) is 3.38. The second kappa shape index (κ2) is 4.68. The van der Waals surface area contributed by atoms with Gasteiger partial charge in [-0.15, -0.1) is 0 Å². The first kappa shape index (κ1) is 12.7. The van der Waals surface area contributed by atoms with E-state index >= 15 is 0 Å². The van der Waals surface area contributed by atoms with E-state index in [-0.39, 0.29) is 4.99 Å². The minimum atomic E-state index is -0.533. The third-order valence-corrected chi connectivity index (χ3v) is 3.60. The van der Waals surface area contributed by atoms with Crippen molar-refractivity contribution >= 4 is 23.1 Å². The van der Waals surface area contributed by atoms with Crippen molar-refractivity contribution in [2.24, 2.45) is 11.5 Å². The highest BCUT2D eigenvalue weighted by Crippen LogP contribution is 2.24. The second-order valence-corrected chi connectivity index (χ2v) is 5.16. The van der Waals surface area contributed by atoms with Crippen molar-refractivity contribution in [3.8, 4) is 5.82 Å². The Kier molecular flexibility index (Phi) is 2.98. The van der Waals surface area contributed by atoms with Crippen molar-refractivity contribution < 1.29 is 4.79 Å². The van der Waals surface area contributed by atoms with Crippen LogP contribution in [0.2, 0.25) is 0 Å². The molecule has 0 radical (unpaired) electrons. The number of aromatic nitrogens is 3. The van der Waals surface area contributed by atoms with Crippen LogP contribution in [-0.2, 0) is 12.8 Å². The van der Waals surface area contributed by atoms with Gasteiger partial charge in [-0.1, -0.05) is 12.2 Å². The van der Waals surface area contributed by atoms with Crippen LogP contribution < -0.4 is 11.5 Å². The van der Waals surface area contributed by atoms with Crippen molar-refractivity contribution in [3.05, 3.63) is 40.8 Å². The highest BCUT2D eigenvalue weighted by atomic mass is 32.1. The van der Waals surface area contributed by atoms with Gasteiger partial charge in [0.1, 0.15) is 4.99 Å². The van der Waals surface area contributed by atoms with E-state index in [4.69, 9.17) is 23.7 Å². The van der Waals surface area contributed by atoms with Gasteiger partial charge in [-0.05, 0) is 30.9 Å². The van der Waals surface area contributed by atoms with Crippen molar-refractivity contribution in [1.82, 2.24) is 14.8 Å². The number of hydrogen-bond donors (Lipinski definition) is 2. The Labute approximate surface area is 120 Å². The van der Waals surface area contributed by atoms with E-state index in [1.165, 1.54) is 22.6 Å². The lowest BCUT2D eigenvalue weighted by Crippen LogP contribution is -2.16. The van der Waals surface area contributed by atoms with E-state index in [2.05, 4.69) is 10.1 Å². The van der Waals surface area contributed by atoms with Gasteiger partial charge in [-0.25, -0.2) is 9.67 Å². The molecule has 2 heterocycles. The average molecular weight is 287 g/mol. The number of primary amides is 1. The summed E-state index contributed by atoms with van der Waals surface area (Å²) in [5.74, 6) is 0.0138. The number of carbonyl (C=O) groups excluding carboxylic acids is 1. The maximum absolute atomic E-state index is 11.1. The molecule has 3 rings (SSSR count). The lowest BCUT2D eigenvalue weighted by molar-refractivity contribution is 0.100. The van der Waals surface area contributed by atoms with Gasteiger partial charge >= 0.3 is 0 Å². The minimum absolute atomic E-state index is 0.262. The Hall–Kier alpha value is -2.28. The monoisotopic (exact) mass is 287 g/mol. The van der Waals surface area contributed by atoms with Gasteiger partial charge in [0.05, 0.1) is 17.3 Å². The summed E-state index contributed by atoms with van der Waals surface area (Å²) in [5, 5.41) is 4.11. The Morgan fingerprint density at radius 1 is 1.35 bits per heavy atom. The SMILES string of the molecule is NC(=O)c1cnn(-c2nc3c(cc2C(N)=S)CCC3)c1. The Balaban J connectivity index is 2.16. The minimum Gasteiger partial charge on any atom is -0.389 e. The molecule has 0 spiro atoms. The lowest BCUT2D eigenvalue weighted by atomic mass is 10.1. The number of nitrogens with zero attached hydrogens (tertiary/aromatic N) is 3. The van der Waals surface area contributed by atoms with Gasteiger partial charge in [0.15, 0.2) is 5.82 Å². The predicted octanol–water partition coefficient (Wildman–Crippen LogP) is 0.489. The molecule has 2 aromatic rings. The maximum Gasteiger partial charge on any atom is 0.251 e. The highest BCUT2D eigenvalue weighted by Gasteiger charge is 2.19. The molecule has 20 heavy (non-hydrogen) atoms. The van der Waals surface area contributed by atoms with Crippen molar-refractivity contribution in [3.63, 3.8) is 0 Å². The fourth-order valence-electron chi connectivity index (χ4n) is 2.38. The number of carbonyl (C=O) groups is 1. The smallest absolute Gasteiger partial charge is 0.251 e. The van der Waals surface area contributed by atoms with Crippen molar-refractivity contribution in [2.45, 2.75) is 19.3 Å². The molecule has 1 aliphatic rings. The molecule has 1 amide bonds. The van der Waals surface area contributed by atoms with E-state index in [0.717, 1.165) is 25.0 Å². The number of thiocarbonyl (C=S) groups is 1. The van der Waals surface area contributed by atoms with Gasteiger partial charge in [0, 0.05) is 11.9 Å². The van der Waals surface area contributed by atoms with Crippen LogP contribution in [0.15, 0.2) is 18.5 Å². The molecule has 0 aliphatic heterocycles. The summed E-state index contributed by atoms with van der Waals surface area (Å²) in [6, 6.07) is 1.97. The summed E-state index contributed by atoms with van der Waals surface area (Å²) >= 11 is 5.08. The first-order valence-electron chi connectivity index (χ1n) is 6.23. The van der Waals surface area contributed by atoms with E-state index < -0.39 is 5.91 Å². The van der Waals surface area contributed by atoms with Crippen LogP contribution in [0, 0.1) is 0 Å². The van der Waals surface area contributed by atoms with E-state index in [1.54, 1.807) is 0 Å². The zero-order valence-corrected chi connectivity index (χ0v) is 11.5. The zero-order valence-electron chi connectivity index (χ0n) is 10.7. The summed E-state index contributed by atoms with van der Waals surface area (Å²) in [4.78, 5) is 16.0. The summed E-state index contributed by atoms with van der Waals surface area (Å²) in [7, 11) is 0. The van der Waals surface area contributed by atoms with E-state index in [1.807, 2.05) is 6.07 Å². The quantitative estimate of drug-likeness (QED) is 0.800. The van der Waals surface area contributed by atoms with E-state index in [9.17, 15) is 4.79 Å². The molecule has 0 atom stereocenters. The zero-order chi connectivity index (χ0) is 14.3. The molecular formula is C13H13N5OS. The highest BCUT2D eigenvalue weighted by molar-refractivity contribution is 7.80. The number of nitrogens with two attached hydrogens (primary N) is 2. The first-order valence-corrected chi connectivity index (χ1v) is 6.64. The third kappa shape index (κ3) is 2.05. The normalized spacial score (nSPS) is 13.2. The fraction of sp³-hybridized carbons (Fsp3) is 0.231. The number of aryl methyl sites for hydroxylation is 2. The summed E-state index contributed by atoms with van der Waals surface area (Å²) in [5.41, 5.74) is 14.2. The number of fused-ring (bicyclic) bond motifs is 1. The fourth-order valence-corrected chi connectivity index (χ4v) is 2.53. The first-order chi connectivity index (χ1) is 9.56. The van der Waals surface area contributed by atoms with Gasteiger partial charge in [-0.3, -0.25) is 4.79 Å². The molecule has 6 nitrogen and oxygen atoms in total. The van der Waals surface area contributed by atoms with Crippen LogP contribution in [0.4, 0.5) is 0 Å². The second-order valence-electron chi connectivity index (χ2n) is 4.72. The molecule has 1 aliphatic carbocycles. The maximum atomic E-state index is 11.1. The molecule has 0 aromatic carbocycles. The Bertz CT molecular complexity index is 722. The standard InChI is InChI=1S/C13H13N5OS/c14-11(19)8-5-16-18(6-8)13-9(12(15)20)4-7-2-1-3-10(7)17-13/h4-6H,1-3H2,(H2,14,19)(H2,15,20). The molecule has 2 aromatic heterocycles. The van der Waals surface area contributed by atoms with Crippen molar-refractivity contribution in [2.75, 3.05) is 0 Å². The topological polar surface area (TPSA) is 99.8 Å². The summed E-state index contributed by atoms with van der Waals surface area (Å²) in [6.45, 7) is 0. The van der Waals surface area contributed by atoms with Crippen LogP contribution in [0.1, 0.15) is 33.6 Å². The lowest BCUT2D eigenvalue weighted by Gasteiger charge is -2.10. The largest absolute Gasteiger partial charge is 0.389 e. The molecule has 0 bridgehead atoms. The Morgan fingerprint density at radius 2 is 2.15 bits per heavy atom. The van der Waals surface area contributed by atoms with Crippen LogP contribution in [0.25, 0.3) is 5.82 Å². The van der Waals surface area contributed by atoms with Crippen LogP contribution in [-0.4, -0.2) is 25.7 Å². The van der Waals surface area contributed by atoms with Gasteiger partial charge in [0.25, 0.3) is 5.91 Å². The Morgan fingerprint density at radius 3 is 2.80 bits per heavy atom. The summed E-state index contributed by atoms with van der Waals surface area (Å²) in [6.07, 6.45) is 5.94. The van der Waals surface area contributed by atoms with Gasteiger partial charge < -0.3 is 11.5 Å². The van der Waals surface area contributed by atoms with E-state index in [0.29, 0.717) is 16.9 Å². The molecular weight excluding hydrogens is 274 g/mol. The van der Waals surface area contributed by atoms with Gasteiger partial charge in [-0.2, -0.15) is 5.10 Å². The van der Waals surface area contributed by atoms with Crippen LogP contribution in [0.3, 0.4) is 0 Å². The summed E-state index contributed by atoms with van der Waals surface area (Å²) < 4.78 is 1.49. The number of pyridine rings is 1. The molecule has 0 saturated heterocycles. The molecule has 0 unspecified atom stereocenters. The molecule has 7 heteroatoms. The molecule has 0 fully saturated rings. The van der Waals surface area contributed by atoms with Crippen LogP contribution in [0.5, 0.6) is 0 Å². The number of rotatable bonds is 3. The van der Waals surface area contributed by atoms with Gasteiger partial charge in [0.2, 0.25) is 0 Å². The molecule has 102 valence electrons. The number of amides is 1. The number of hydrogen-bond acceptors (Lipinski definition) is 4. The predicted molar refractivity (Wildman–Crippen MR) is 77.8 cm³/mol. The molecule has 4 N–H and O–H groups in total. The molecule has 0 saturated carbocycles. The average Bonchev–Trinajstić information content (AvgIpc) is 3.05. The van der Waals surface area contributed by atoms with Crippen molar-refractivity contribution in [1.29, 1.82) is 0 Å². The van der Waals surface area contributed by atoms with Crippen LogP contribution >= 0.6 is 12.2 Å².